The smallest absolute Gasteiger partial charge is 0.242 e. The lowest BCUT2D eigenvalue weighted by molar-refractivity contribution is 0.112. The molecule has 0 spiro atoms. The molecule has 0 amide bonds. The zero-order valence-corrected chi connectivity index (χ0v) is 14.2. The third kappa shape index (κ3) is 2.83. The Morgan fingerprint density at radius 1 is 1.08 bits per heavy atom. The van der Waals surface area contributed by atoms with Gasteiger partial charge in [-0.3, -0.25) is 4.79 Å². The highest BCUT2D eigenvalue weighted by molar-refractivity contribution is 7.89. The van der Waals surface area contributed by atoms with Crippen molar-refractivity contribution in [1.82, 2.24) is 9.29 Å². The summed E-state index contributed by atoms with van der Waals surface area (Å²) in [4.78, 5) is 14.5. The molecule has 0 radical (unpaired) electrons. The van der Waals surface area contributed by atoms with Crippen LogP contribution in [0.1, 0.15) is 10.4 Å². The number of carbonyl (C=O) groups is 1. The molecule has 0 bridgehead atoms. The van der Waals surface area contributed by atoms with E-state index in [0.717, 1.165) is 16.4 Å². The fraction of sp³-hybridized carbons (Fsp3) is 0.118. The average molecular weight is 364 g/mol. The van der Waals surface area contributed by atoms with Crippen LogP contribution >= 0.6 is 0 Å². The maximum Gasteiger partial charge on any atom is 0.242 e. The van der Waals surface area contributed by atoms with Crippen molar-refractivity contribution < 1.29 is 22.0 Å². The Morgan fingerprint density at radius 2 is 1.80 bits per heavy atom. The predicted octanol–water partition coefficient (Wildman–Crippen LogP) is 3.18. The Morgan fingerprint density at radius 3 is 2.40 bits per heavy atom. The molecule has 8 heteroatoms. The van der Waals surface area contributed by atoms with Crippen LogP contribution in [0.25, 0.3) is 22.2 Å². The number of aromatic amines is 1. The van der Waals surface area contributed by atoms with E-state index in [4.69, 9.17) is 0 Å². The van der Waals surface area contributed by atoms with Gasteiger partial charge < -0.3 is 4.98 Å². The SMILES string of the molecule is CN(C)S(=O)(=O)c1ccc2[nH]c(-c3ccc(F)cc3F)c(C=O)c2c1. The van der Waals surface area contributed by atoms with Crippen LogP contribution in [0.4, 0.5) is 8.78 Å². The van der Waals surface area contributed by atoms with E-state index in [2.05, 4.69) is 4.98 Å². The molecule has 3 rings (SSSR count). The predicted molar refractivity (Wildman–Crippen MR) is 89.9 cm³/mol. The molecule has 25 heavy (non-hydrogen) atoms. The lowest BCUT2D eigenvalue weighted by Crippen LogP contribution is -2.22. The summed E-state index contributed by atoms with van der Waals surface area (Å²) in [5, 5.41) is 0.344. The topological polar surface area (TPSA) is 70.2 Å². The molecule has 0 fully saturated rings. The van der Waals surface area contributed by atoms with Crippen LogP contribution in [-0.2, 0) is 10.0 Å². The monoisotopic (exact) mass is 364 g/mol. The number of hydrogen-bond acceptors (Lipinski definition) is 3. The number of halogens is 2. The van der Waals surface area contributed by atoms with Crippen molar-refractivity contribution in [2.45, 2.75) is 4.90 Å². The first-order valence-electron chi connectivity index (χ1n) is 7.24. The largest absolute Gasteiger partial charge is 0.354 e. The van der Waals surface area contributed by atoms with E-state index in [1.54, 1.807) is 0 Å². The highest BCUT2D eigenvalue weighted by Gasteiger charge is 2.21. The second-order valence-electron chi connectivity index (χ2n) is 5.65. The third-order valence-corrected chi connectivity index (χ3v) is 5.72. The molecule has 2 aromatic carbocycles. The van der Waals surface area contributed by atoms with Crippen LogP contribution in [0.2, 0.25) is 0 Å². The first-order valence-corrected chi connectivity index (χ1v) is 8.68. The molecular formula is C17H14F2N2O3S. The van der Waals surface area contributed by atoms with E-state index in [1.165, 1.54) is 38.4 Å². The van der Waals surface area contributed by atoms with Crippen molar-refractivity contribution in [1.29, 1.82) is 0 Å². The minimum atomic E-state index is -3.68. The molecule has 0 unspecified atom stereocenters. The fourth-order valence-electron chi connectivity index (χ4n) is 2.59. The minimum Gasteiger partial charge on any atom is -0.354 e. The van der Waals surface area contributed by atoms with Gasteiger partial charge in [-0.25, -0.2) is 21.5 Å². The Bertz CT molecular complexity index is 1090. The van der Waals surface area contributed by atoms with Crippen LogP contribution in [0, 0.1) is 11.6 Å². The number of fused-ring (bicyclic) bond motifs is 1. The van der Waals surface area contributed by atoms with Gasteiger partial charge in [-0.05, 0) is 30.3 Å². The first-order chi connectivity index (χ1) is 11.8. The molecule has 0 saturated heterocycles. The summed E-state index contributed by atoms with van der Waals surface area (Å²) in [7, 11) is -0.884. The Balaban J connectivity index is 2.28. The zero-order chi connectivity index (χ0) is 18.4. The maximum absolute atomic E-state index is 14.1. The summed E-state index contributed by atoms with van der Waals surface area (Å²) in [6.45, 7) is 0. The van der Waals surface area contributed by atoms with Gasteiger partial charge in [0.15, 0.2) is 6.29 Å². The normalized spacial score (nSPS) is 12.0. The molecule has 5 nitrogen and oxygen atoms in total. The summed E-state index contributed by atoms with van der Waals surface area (Å²) >= 11 is 0. The Hall–Kier alpha value is -2.58. The van der Waals surface area contributed by atoms with E-state index < -0.39 is 21.7 Å². The van der Waals surface area contributed by atoms with E-state index in [0.29, 0.717) is 17.2 Å². The number of H-pyrrole nitrogens is 1. The number of sulfonamides is 1. The van der Waals surface area contributed by atoms with Crippen molar-refractivity contribution >= 4 is 27.2 Å². The number of hydrogen-bond donors (Lipinski definition) is 1. The summed E-state index contributed by atoms with van der Waals surface area (Å²) in [6.07, 6.45) is 0.517. The molecule has 3 aromatic rings. The molecule has 0 atom stereocenters. The Labute approximate surface area is 142 Å². The third-order valence-electron chi connectivity index (χ3n) is 3.91. The quantitative estimate of drug-likeness (QED) is 0.723. The number of aromatic nitrogens is 1. The highest BCUT2D eigenvalue weighted by Crippen LogP contribution is 2.32. The van der Waals surface area contributed by atoms with Crippen LogP contribution in [0.5, 0.6) is 0 Å². The number of nitrogens with zero attached hydrogens (tertiary/aromatic N) is 1. The summed E-state index contributed by atoms with van der Waals surface area (Å²) in [5.41, 5.74) is 0.772. The van der Waals surface area contributed by atoms with Crippen molar-refractivity contribution in [3.05, 3.63) is 53.6 Å². The van der Waals surface area contributed by atoms with Crippen molar-refractivity contribution in [2.24, 2.45) is 0 Å². The number of nitrogens with one attached hydrogen (secondary N) is 1. The van der Waals surface area contributed by atoms with Crippen LogP contribution < -0.4 is 0 Å². The van der Waals surface area contributed by atoms with E-state index in [-0.39, 0.29) is 21.7 Å². The van der Waals surface area contributed by atoms with Gasteiger partial charge in [0.05, 0.1) is 10.6 Å². The summed E-state index contributed by atoms with van der Waals surface area (Å²) < 4.78 is 52.8. The van der Waals surface area contributed by atoms with Crippen LogP contribution in [-0.4, -0.2) is 38.1 Å². The number of rotatable bonds is 4. The van der Waals surface area contributed by atoms with Gasteiger partial charge in [0.1, 0.15) is 11.6 Å². The van der Waals surface area contributed by atoms with Crippen LogP contribution in [0.15, 0.2) is 41.3 Å². The van der Waals surface area contributed by atoms with Gasteiger partial charge in [0, 0.05) is 42.2 Å². The van der Waals surface area contributed by atoms with Crippen molar-refractivity contribution in [2.75, 3.05) is 14.1 Å². The zero-order valence-electron chi connectivity index (χ0n) is 13.4. The lowest BCUT2D eigenvalue weighted by Gasteiger charge is -2.11. The average Bonchev–Trinajstić information content (AvgIpc) is 2.91. The fourth-order valence-corrected chi connectivity index (χ4v) is 3.52. The lowest BCUT2D eigenvalue weighted by atomic mass is 10.1. The van der Waals surface area contributed by atoms with E-state index in [9.17, 15) is 22.0 Å². The molecule has 0 aliphatic heterocycles. The van der Waals surface area contributed by atoms with Gasteiger partial charge in [0.25, 0.3) is 0 Å². The van der Waals surface area contributed by atoms with E-state index in [1.807, 2.05) is 0 Å². The first kappa shape index (κ1) is 17.2. The second-order valence-corrected chi connectivity index (χ2v) is 7.80. The number of benzene rings is 2. The molecule has 0 saturated carbocycles. The summed E-state index contributed by atoms with van der Waals surface area (Å²) in [5.74, 6) is -1.56. The standard InChI is InChI=1S/C17H14F2N2O3S/c1-21(2)25(23,24)11-4-6-16-13(8-11)14(9-22)17(20-16)12-5-3-10(18)7-15(12)19/h3-9,20H,1-2H3. The van der Waals surface area contributed by atoms with E-state index >= 15 is 0 Å². The molecule has 130 valence electrons. The molecule has 1 aromatic heterocycles. The molecule has 0 aliphatic rings. The minimum absolute atomic E-state index is 0.0122. The van der Waals surface area contributed by atoms with Crippen molar-refractivity contribution in [3.8, 4) is 11.3 Å². The summed E-state index contributed by atoms with van der Waals surface area (Å²) in [6, 6.07) is 7.28. The van der Waals surface area contributed by atoms with Gasteiger partial charge >= 0.3 is 0 Å². The maximum atomic E-state index is 14.1. The molecular weight excluding hydrogens is 350 g/mol. The highest BCUT2D eigenvalue weighted by atomic mass is 32.2. The van der Waals surface area contributed by atoms with Gasteiger partial charge in [-0.1, -0.05) is 0 Å². The van der Waals surface area contributed by atoms with Crippen molar-refractivity contribution in [3.63, 3.8) is 0 Å². The van der Waals surface area contributed by atoms with Crippen LogP contribution in [0.3, 0.4) is 0 Å². The van der Waals surface area contributed by atoms with Gasteiger partial charge in [0.2, 0.25) is 10.0 Å². The second kappa shape index (κ2) is 6.05. The molecule has 1 heterocycles. The Kier molecular flexibility index (Phi) is 4.18. The van der Waals surface area contributed by atoms with Gasteiger partial charge in [-0.2, -0.15) is 0 Å². The molecule has 1 N–H and O–H groups in total. The molecule has 0 aliphatic carbocycles. The van der Waals surface area contributed by atoms with Gasteiger partial charge in [-0.15, -0.1) is 0 Å². The number of carbonyl (C=O) groups excluding carboxylic acids is 1. The number of aldehydes is 1.